The van der Waals surface area contributed by atoms with E-state index in [-0.39, 0.29) is 42.3 Å². The van der Waals surface area contributed by atoms with Crippen LogP contribution in [0.2, 0.25) is 0 Å². The maximum Gasteiger partial charge on any atom is 0.279 e. The van der Waals surface area contributed by atoms with Crippen LogP contribution in [0.1, 0.15) is 33.3 Å². The Hall–Kier alpha value is -4.85. The quantitative estimate of drug-likeness (QED) is 0.248. The molecule has 6 nitrogen and oxygen atoms in total. The Balaban J connectivity index is 1.36. The topological polar surface area (TPSA) is 72.6 Å². The van der Waals surface area contributed by atoms with E-state index >= 15 is 0 Å². The first-order chi connectivity index (χ1) is 18.4. The minimum absolute atomic E-state index is 0.0549. The van der Waals surface area contributed by atoms with Gasteiger partial charge in [-0.15, -0.1) is 0 Å². The van der Waals surface area contributed by atoms with Gasteiger partial charge in [-0.3, -0.25) is 14.5 Å². The van der Waals surface area contributed by atoms with Crippen LogP contribution in [0.4, 0.5) is 8.78 Å². The normalized spacial score (nSPS) is 12.9. The van der Waals surface area contributed by atoms with Gasteiger partial charge >= 0.3 is 0 Å². The summed E-state index contributed by atoms with van der Waals surface area (Å²) in [5.41, 5.74) is 3.61. The van der Waals surface area contributed by atoms with Gasteiger partial charge in [0, 0.05) is 23.1 Å². The largest absolute Gasteiger partial charge is 0.471 e. The molecule has 2 aromatic heterocycles. The third-order valence-electron chi connectivity index (χ3n) is 6.45. The molecule has 3 heterocycles. The maximum absolute atomic E-state index is 13.4. The van der Waals surface area contributed by atoms with Crippen molar-refractivity contribution in [2.24, 2.45) is 0 Å². The van der Waals surface area contributed by atoms with E-state index < -0.39 is 0 Å². The number of rotatable bonds is 5. The number of furan rings is 1. The van der Waals surface area contributed by atoms with Crippen LogP contribution in [0.5, 0.6) is 5.75 Å². The summed E-state index contributed by atoms with van der Waals surface area (Å²) in [7, 11) is 0. The van der Waals surface area contributed by atoms with E-state index in [2.05, 4.69) is 4.98 Å². The first kappa shape index (κ1) is 23.5. The monoisotopic (exact) mass is 510 g/mol. The minimum Gasteiger partial charge on any atom is -0.471 e. The number of fused-ring (bicyclic) bond motifs is 2. The highest BCUT2D eigenvalue weighted by atomic mass is 19.1. The summed E-state index contributed by atoms with van der Waals surface area (Å²) >= 11 is 0. The Morgan fingerprint density at radius 2 is 1.61 bits per heavy atom. The Bertz CT molecular complexity index is 1710. The van der Waals surface area contributed by atoms with Crippen molar-refractivity contribution in [3.8, 4) is 28.3 Å². The SMILES string of the molecule is CC(=O)c1c(-c2ccc(F)cc2)oc2ccc(-c3ccc4c(n3)C(=O)N(Cc3ccc(F)cc3)CO4)cc12. The van der Waals surface area contributed by atoms with Crippen LogP contribution >= 0.6 is 0 Å². The van der Waals surface area contributed by atoms with Crippen LogP contribution in [0.15, 0.2) is 83.3 Å². The van der Waals surface area contributed by atoms with Gasteiger partial charge in [0.2, 0.25) is 0 Å². The van der Waals surface area contributed by atoms with Gasteiger partial charge < -0.3 is 9.15 Å². The number of carbonyl (C=O) groups is 2. The number of hydrogen-bond donors (Lipinski definition) is 0. The van der Waals surface area contributed by atoms with Crippen LogP contribution in [0.3, 0.4) is 0 Å². The first-order valence-corrected chi connectivity index (χ1v) is 11.9. The summed E-state index contributed by atoms with van der Waals surface area (Å²) in [6.07, 6.45) is 0. The number of benzene rings is 3. The summed E-state index contributed by atoms with van der Waals surface area (Å²) in [4.78, 5) is 32.0. The van der Waals surface area contributed by atoms with Gasteiger partial charge in [-0.05, 0) is 79.2 Å². The van der Waals surface area contributed by atoms with Gasteiger partial charge in [0.25, 0.3) is 5.91 Å². The molecule has 1 aliphatic rings. The Morgan fingerprint density at radius 1 is 0.921 bits per heavy atom. The van der Waals surface area contributed by atoms with Crippen molar-refractivity contribution < 1.29 is 27.5 Å². The lowest BCUT2D eigenvalue weighted by atomic mass is 10.0. The number of ether oxygens (including phenoxy) is 1. The molecule has 0 atom stereocenters. The minimum atomic E-state index is -0.384. The zero-order chi connectivity index (χ0) is 26.4. The Kier molecular flexibility index (Phi) is 5.72. The predicted molar refractivity (Wildman–Crippen MR) is 137 cm³/mol. The van der Waals surface area contributed by atoms with Crippen molar-refractivity contribution in [2.45, 2.75) is 13.5 Å². The van der Waals surface area contributed by atoms with Gasteiger partial charge in [-0.1, -0.05) is 12.1 Å². The van der Waals surface area contributed by atoms with Crippen LogP contribution in [-0.2, 0) is 6.54 Å². The highest BCUT2D eigenvalue weighted by molar-refractivity contribution is 6.11. The van der Waals surface area contributed by atoms with Crippen molar-refractivity contribution in [3.63, 3.8) is 0 Å². The molecule has 0 saturated heterocycles. The number of carbonyl (C=O) groups excluding carboxylic acids is 2. The molecule has 0 fully saturated rings. The van der Waals surface area contributed by atoms with E-state index in [9.17, 15) is 18.4 Å². The lowest BCUT2D eigenvalue weighted by Crippen LogP contribution is -2.38. The molecule has 1 amide bonds. The van der Waals surface area contributed by atoms with Crippen molar-refractivity contribution in [3.05, 3.63) is 107 Å². The molecule has 38 heavy (non-hydrogen) atoms. The predicted octanol–water partition coefficient (Wildman–Crippen LogP) is 6.63. The van der Waals surface area contributed by atoms with E-state index in [0.717, 1.165) is 5.56 Å². The Morgan fingerprint density at radius 3 is 2.32 bits per heavy atom. The van der Waals surface area contributed by atoms with Crippen molar-refractivity contribution >= 4 is 22.7 Å². The van der Waals surface area contributed by atoms with Crippen LogP contribution in [0.25, 0.3) is 33.6 Å². The van der Waals surface area contributed by atoms with E-state index in [4.69, 9.17) is 9.15 Å². The average Bonchev–Trinajstić information content (AvgIpc) is 3.31. The van der Waals surface area contributed by atoms with Crippen molar-refractivity contribution in [1.29, 1.82) is 0 Å². The number of aromatic nitrogens is 1. The van der Waals surface area contributed by atoms with Gasteiger partial charge in [-0.2, -0.15) is 0 Å². The summed E-state index contributed by atoms with van der Waals surface area (Å²) in [6.45, 7) is 1.76. The zero-order valence-corrected chi connectivity index (χ0v) is 20.2. The lowest BCUT2D eigenvalue weighted by Gasteiger charge is -2.28. The third-order valence-corrected chi connectivity index (χ3v) is 6.45. The zero-order valence-electron chi connectivity index (χ0n) is 20.2. The molecule has 5 aromatic rings. The molecular weight excluding hydrogens is 490 g/mol. The molecule has 0 unspecified atom stereocenters. The van der Waals surface area contributed by atoms with Crippen LogP contribution in [-0.4, -0.2) is 28.3 Å². The van der Waals surface area contributed by atoms with Gasteiger partial charge in [-0.25, -0.2) is 13.8 Å². The molecule has 0 spiro atoms. The number of halogens is 2. The smallest absolute Gasteiger partial charge is 0.279 e. The fourth-order valence-corrected chi connectivity index (χ4v) is 4.57. The van der Waals surface area contributed by atoms with E-state index in [1.165, 1.54) is 36.1 Å². The number of amides is 1. The number of nitrogens with zero attached hydrogens (tertiary/aromatic N) is 2. The molecule has 0 aliphatic carbocycles. The second kappa shape index (κ2) is 9.23. The second-order valence-corrected chi connectivity index (χ2v) is 9.03. The molecule has 0 bridgehead atoms. The number of Topliss-reactive ketones (excluding diaryl/α,β-unsaturated/α-hetero) is 1. The highest BCUT2D eigenvalue weighted by Crippen LogP contribution is 2.37. The first-order valence-electron chi connectivity index (χ1n) is 11.9. The maximum atomic E-state index is 13.4. The summed E-state index contributed by atoms with van der Waals surface area (Å²) in [6, 6.07) is 20.5. The number of ketones is 1. The second-order valence-electron chi connectivity index (χ2n) is 9.03. The standard InChI is InChI=1S/C30H20F2N2O4/c1-17(35)27-23-14-20(6-12-25(23)38-29(27)19-4-9-22(32)10-5-19)24-11-13-26-28(33-24)30(36)34(16-37-26)15-18-2-7-21(31)8-3-18/h2-14H,15-16H2,1H3. The lowest BCUT2D eigenvalue weighted by molar-refractivity contribution is 0.0488. The molecule has 0 radical (unpaired) electrons. The molecule has 1 aliphatic heterocycles. The molecule has 0 saturated carbocycles. The average molecular weight is 510 g/mol. The molecular formula is C30H20F2N2O4. The van der Waals surface area contributed by atoms with E-state index in [0.29, 0.717) is 44.9 Å². The molecule has 8 heteroatoms. The van der Waals surface area contributed by atoms with Crippen LogP contribution < -0.4 is 4.74 Å². The summed E-state index contributed by atoms with van der Waals surface area (Å²) in [5.74, 6) is -0.489. The van der Waals surface area contributed by atoms with Crippen molar-refractivity contribution in [2.75, 3.05) is 6.73 Å². The van der Waals surface area contributed by atoms with Gasteiger partial charge in [0.05, 0.1) is 11.3 Å². The number of pyridine rings is 1. The fourth-order valence-electron chi connectivity index (χ4n) is 4.57. The number of hydrogen-bond acceptors (Lipinski definition) is 5. The van der Waals surface area contributed by atoms with Crippen molar-refractivity contribution in [1.82, 2.24) is 9.88 Å². The van der Waals surface area contributed by atoms with E-state index in [1.54, 1.807) is 54.6 Å². The Labute approximate surface area is 216 Å². The van der Waals surface area contributed by atoms with Gasteiger partial charge in [0.1, 0.15) is 23.0 Å². The molecule has 188 valence electrons. The molecule has 3 aromatic carbocycles. The third kappa shape index (κ3) is 4.20. The summed E-state index contributed by atoms with van der Waals surface area (Å²) < 4.78 is 38.5. The van der Waals surface area contributed by atoms with E-state index in [1.807, 2.05) is 0 Å². The fraction of sp³-hybridized carbons (Fsp3) is 0.100. The van der Waals surface area contributed by atoms with Gasteiger partial charge in [0.15, 0.2) is 24.0 Å². The van der Waals surface area contributed by atoms with Crippen LogP contribution in [0, 0.1) is 11.6 Å². The molecule has 6 rings (SSSR count). The highest BCUT2D eigenvalue weighted by Gasteiger charge is 2.28. The molecule has 0 N–H and O–H groups in total. The summed E-state index contributed by atoms with van der Waals surface area (Å²) in [5, 5.41) is 0.592.